The van der Waals surface area contributed by atoms with Gasteiger partial charge < -0.3 is 39.9 Å². The first-order valence-electron chi connectivity index (χ1n) is 27.8. The van der Waals surface area contributed by atoms with Crippen LogP contribution in [0.2, 0.25) is 0 Å². The van der Waals surface area contributed by atoms with Crippen molar-refractivity contribution in [2.75, 3.05) is 13.2 Å². The molecule has 0 amide bonds. The minimum absolute atomic E-state index is 0.106. The van der Waals surface area contributed by atoms with Gasteiger partial charge in [-0.25, -0.2) is 4.57 Å². The largest absolute Gasteiger partial charge is 0.472 e. The highest BCUT2D eigenvalue weighted by Crippen LogP contribution is 2.47. The molecule has 67 heavy (non-hydrogen) atoms. The van der Waals surface area contributed by atoms with Gasteiger partial charge in [-0.15, -0.1) is 0 Å². The van der Waals surface area contributed by atoms with Gasteiger partial charge in [-0.2, -0.15) is 0 Å². The van der Waals surface area contributed by atoms with Crippen LogP contribution in [0, 0.1) is 0 Å². The standard InChI is InChI=1S/C53H103O13P/c1-3-5-7-9-11-13-15-17-19-21-23-24-26-28-30-32-34-36-38-40-42-47(55)65-45(44-64-67(61,62)66-53-51(59)49(57)48(56)50(58)52(53)60)43-63-46(54)41-39-37-35-33-31-29-27-25-22-20-18-16-14-12-10-8-6-4-2/h45,48-53,56-60H,3-44H2,1-2H3,(H,61,62)/t45-,48?,49-,50?,51?,52?,53?/m1/s1. The molecule has 13 nitrogen and oxygen atoms in total. The summed E-state index contributed by atoms with van der Waals surface area (Å²) in [4.78, 5) is 35.9. The number of hydrogen-bond acceptors (Lipinski definition) is 12. The van der Waals surface area contributed by atoms with E-state index in [9.17, 15) is 44.6 Å². The van der Waals surface area contributed by atoms with E-state index in [4.69, 9.17) is 18.5 Å². The van der Waals surface area contributed by atoms with Crippen LogP contribution < -0.4 is 0 Å². The quantitative estimate of drug-likeness (QED) is 0.0191. The van der Waals surface area contributed by atoms with E-state index in [1.165, 1.54) is 193 Å². The average molecular weight is 979 g/mol. The van der Waals surface area contributed by atoms with Crippen LogP contribution in [0.5, 0.6) is 0 Å². The molecule has 1 rings (SSSR count). The van der Waals surface area contributed by atoms with E-state index in [2.05, 4.69) is 13.8 Å². The molecule has 0 aromatic rings. The molecule has 0 heterocycles. The molecule has 0 radical (unpaired) electrons. The summed E-state index contributed by atoms with van der Waals surface area (Å²) in [6.45, 7) is 3.37. The number of hydrogen-bond donors (Lipinski definition) is 6. The Morgan fingerprint density at radius 2 is 0.672 bits per heavy atom. The van der Waals surface area contributed by atoms with Gasteiger partial charge in [0.05, 0.1) is 6.61 Å². The summed E-state index contributed by atoms with van der Waals surface area (Å²) in [5.41, 5.74) is 0. The van der Waals surface area contributed by atoms with Crippen molar-refractivity contribution in [3.05, 3.63) is 0 Å². The van der Waals surface area contributed by atoms with Crippen LogP contribution >= 0.6 is 7.82 Å². The summed E-state index contributed by atoms with van der Waals surface area (Å²) in [6, 6.07) is 0. The maximum Gasteiger partial charge on any atom is 0.472 e. The number of carbonyl (C=O) groups excluding carboxylic acids is 2. The lowest BCUT2D eigenvalue weighted by atomic mass is 9.85. The van der Waals surface area contributed by atoms with Crippen molar-refractivity contribution >= 4 is 19.8 Å². The topological polar surface area (TPSA) is 210 Å². The lowest BCUT2D eigenvalue weighted by Crippen LogP contribution is -2.64. The molecule has 8 atom stereocenters. The van der Waals surface area contributed by atoms with E-state index in [-0.39, 0.29) is 12.8 Å². The van der Waals surface area contributed by atoms with Crippen LogP contribution in [-0.2, 0) is 32.7 Å². The van der Waals surface area contributed by atoms with Crippen molar-refractivity contribution in [2.24, 2.45) is 0 Å². The Balaban J connectivity index is 2.34. The first-order chi connectivity index (χ1) is 32.4. The molecule has 398 valence electrons. The number of ether oxygens (including phenoxy) is 2. The molecule has 0 aromatic carbocycles. The van der Waals surface area contributed by atoms with Crippen LogP contribution in [0.1, 0.15) is 271 Å². The molecule has 0 spiro atoms. The third-order valence-corrected chi connectivity index (χ3v) is 14.4. The van der Waals surface area contributed by atoms with Crippen LogP contribution in [0.25, 0.3) is 0 Å². The van der Waals surface area contributed by atoms with Gasteiger partial charge in [0, 0.05) is 12.8 Å². The second-order valence-corrected chi connectivity index (χ2v) is 21.2. The van der Waals surface area contributed by atoms with E-state index in [1.807, 2.05) is 0 Å². The van der Waals surface area contributed by atoms with Gasteiger partial charge in [0.1, 0.15) is 43.2 Å². The van der Waals surface area contributed by atoms with Gasteiger partial charge in [-0.1, -0.05) is 245 Å². The Morgan fingerprint density at radius 1 is 0.403 bits per heavy atom. The van der Waals surface area contributed by atoms with Gasteiger partial charge >= 0.3 is 19.8 Å². The maximum absolute atomic E-state index is 12.9. The normalized spacial score (nSPS) is 21.0. The van der Waals surface area contributed by atoms with E-state index in [1.54, 1.807) is 0 Å². The van der Waals surface area contributed by atoms with E-state index < -0.39 is 75.7 Å². The van der Waals surface area contributed by atoms with Crippen molar-refractivity contribution in [3.63, 3.8) is 0 Å². The van der Waals surface area contributed by atoms with Gasteiger partial charge in [-0.3, -0.25) is 18.6 Å². The number of aliphatic hydroxyl groups excluding tert-OH is 5. The molecule has 1 saturated carbocycles. The molecule has 0 aromatic heterocycles. The van der Waals surface area contributed by atoms with Crippen molar-refractivity contribution in [2.45, 2.75) is 313 Å². The molecule has 6 unspecified atom stereocenters. The van der Waals surface area contributed by atoms with Crippen molar-refractivity contribution in [1.29, 1.82) is 0 Å². The molecule has 14 heteroatoms. The highest BCUT2D eigenvalue weighted by Gasteiger charge is 2.51. The van der Waals surface area contributed by atoms with Crippen LogP contribution in [-0.4, -0.2) is 98.3 Å². The zero-order valence-corrected chi connectivity index (χ0v) is 43.6. The highest BCUT2D eigenvalue weighted by molar-refractivity contribution is 7.47. The summed E-state index contributed by atoms with van der Waals surface area (Å²) in [5, 5.41) is 50.3. The number of phosphoric acid groups is 1. The summed E-state index contributed by atoms with van der Waals surface area (Å²) in [7, 11) is -5.12. The Kier molecular flexibility index (Phi) is 41.6. The second kappa shape index (κ2) is 43.6. The third kappa shape index (κ3) is 35.6. The highest BCUT2D eigenvalue weighted by atomic mass is 31.2. The number of rotatable bonds is 48. The summed E-state index contributed by atoms with van der Waals surface area (Å²) in [6.07, 6.45) is 34.3. The SMILES string of the molecule is CCCCCCCCCCCCCCCCCCCCCCC(=O)O[C@H](COC(=O)CCCCCCCCCCCCCCCCCCCC)COP(=O)(O)OC1C(O)C(O)C(O)[C@@H](O)C1O. The van der Waals surface area contributed by atoms with Crippen molar-refractivity contribution in [1.82, 2.24) is 0 Å². The first-order valence-corrected chi connectivity index (χ1v) is 29.3. The maximum atomic E-state index is 12.9. The average Bonchev–Trinajstić information content (AvgIpc) is 3.31. The fraction of sp³-hybridized carbons (Fsp3) is 0.962. The van der Waals surface area contributed by atoms with Crippen LogP contribution in [0.4, 0.5) is 0 Å². The van der Waals surface area contributed by atoms with Gasteiger partial charge in [0.25, 0.3) is 0 Å². The fourth-order valence-electron chi connectivity index (χ4n) is 9.00. The second-order valence-electron chi connectivity index (χ2n) is 19.8. The zero-order chi connectivity index (χ0) is 49.2. The first kappa shape index (κ1) is 63.9. The van der Waals surface area contributed by atoms with Crippen molar-refractivity contribution < 1.29 is 63.1 Å². The van der Waals surface area contributed by atoms with Crippen LogP contribution in [0.15, 0.2) is 0 Å². The minimum Gasteiger partial charge on any atom is -0.462 e. The Labute approximate surface area is 408 Å². The summed E-state index contributed by atoms with van der Waals surface area (Å²) in [5.74, 6) is -1.08. The molecule has 1 aliphatic rings. The van der Waals surface area contributed by atoms with E-state index in [0.29, 0.717) is 12.8 Å². The fourth-order valence-corrected chi connectivity index (χ4v) is 9.97. The molecule has 0 bridgehead atoms. The number of carbonyl (C=O) groups is 2. The van der Waals surface area contributed by atoms with Crippen molar-refractivity contribution in [3.8, 4) is 0 Å². The molecular formula is C53H103O13P. The predicted octanol–water partition coefficient (Wildman–Crippen LogP) is 12.4. The monoisotopic (exact) mass is 979 g/mol. The molecule has 0 saturated heterocycles. The van der Waals surface area contributed by atoms with Gasteiger partial charge in [0.2, 0.25) is 0 Å². The minimum atomic E-state index is -5.12. The molecule has 1 fully saturated rings. The predicted molar refractivity (Wildman–Crippen MR) is 268 cm³/mol. The smallest absolute Gasteiger partial charge is 0.462 e. The number of aliphatic hydroxyl groups is 5. The van der Waals surface area contributed by atoms with E-state index >= 15 is 0 Å². The molecule has 0 aliphatic heterocycles. The number of esters is 2. The zero-order valence-electron chi connectivity index (χ0n) is 42.7. The van der Waals surface area contributed by atoms with E-state index in [0.717, 1.165) is 38.5 Å². The lowest BCUT2D eigenvalue weighted by Gasteiger charge is -2.41. The van der Waals surface area contributed by atoms with Crippen LogP contribution in [0.3, 0.4) is 0 Å². The summed E-state index contributed by atoms with van der Waals surface area (Å²) >= 11 is 0. The Bertz CT molecular complexity index is 1180. The molecule has 1 aliphatic carbocycles. The molecule has 6 N–H and O–H groups in total. The van der Waals surface area contributed by atoms with Gasteiger partial charge in [-0.05, 0) is 12.8 Å². The Morgan fingerprint density at radius 3 is 0.985 bits per heavy atom. The third-order valence-electron chi connectivity index (χ3n) is 13.4. The lowest BCUT2D eigenvalue weighted by molar-refractivity contribution is -0.220. The summed E-state index contributed by atoms with van der Waals surface area (Å²) < 4.78 is 33.7. The number of phosphoric ester groups is 1. The van der Waals surface area contributed by atoms with Gasteiger partial charge in [0.15, 0.2) is 6.10 Å². The molecular weight excluding hydrogens is 876 g/mol. The number of unbranched alkanes of at least 4 members (excludes halogenated alkanes) is 36. The Hall–Kier alpha value is -1.15.